The number of benzene rings is 1. The molecule has 0 radical (unpaired) electrons. The second-order valence-corrected chi connectivity index (χ2v) is 4.99. The van der Waals surface area contributed by atoms with E-state index in [1.807, 2.05) is 13.8 Å². The van der Waals surface area contributed by atoms with E-state index < -0.39 is 0 Å². The summed E-state index contributed by atoms with van der Waals surface area (Å²) in [6, 6.07) is 2.94. The fourth-order valence-corrected chi connectivity index (χ4v) is 2.75. The Kier molecular flexibility index (Phi) is 3.48. The first-order valence-electron chi connectivity index (χ1n) is 5.33. The first-order chi connectivity index (χ1) is 8.08. The molecule has 2 rings (SSSR count). The van der Waals surface area contributed by atoms with E-state index in [1.54, 1.807) is 0 Å². The molecule has 1 aromatic heterocycles. The van der Waals surface area contributed by atoms with E-state index >= 15 is 0 Å². The number of nitrogen functional groups attached to an aromatic ring is 1. The van der Waals surface area contributed by atoms with Gasteiger partial charge in [0.1, 0.15) is 5.82 Å². The predicted octanol–water partition coefficient (Wildman–Crippen LogP) is 3.13. The number of fused-ring (bicyclic) bond motifs is 1. The number of nitrogens with one attached hydrogen (secondary N) is 1. The van der Waals surface area contributed by atoms with Crippen molar-refractivity contribution >= 4 is 39.2 Å². The third-order valence-corrected chi connectivity index (χ3v) is 3.64. The molecule has 0 bridgehead atoms. The largest absolute Gasteiger partial charge is 0.323 e. The van der Waals surface area contributed by atoms with Gasteiger partial charge in [-0.05, 0) is 53.6 Å². The maximum atomic E-state index is 13.4. The lowest BCUT2D eigenvalue weighted by atomic mass is 10.0. The summed E-state index contributed by atoms with van der Waals surface area (Å²) in [4.78, 5) is 4.53. The Balaban J connectivity index is 2.93. The van der Waals surface area contributed by atoms with Crippen LogP contribution in [0.4, 0.5) is 10.1 Å². The van der Waals surface area contributed by atoms with Gasteiger partial charge in [-0.2, -0.15) is 0 Å². The minimum atomic E-state index is -0.272. The Bertz CT molecular complexity index is 584. The van der Waals surface area contributed by atoms with Crippen LogP contribution in [-0.2, 0) is 6.42 Å². The summed E-state index contributed by atoms with van der Waals surface area (Å²) in [7, 11) is 0. The van der Waals surface area contributed by atoms with Crippen LogP contribution in [0.25, 0.3) is 10.9 Å². The van der Waals surface area contributed by atoms with Crippen LogP contribution in [0.3, 0.4) is 0 Å². The van der Waals surface area contributed by atoms with E-state index in [1.165, 1.54) is 12.1 Å². The standard InChI is InChI=1S/C12H13FIN3/c1-3-8-6(2)16-12-9(11(8)17-15)4-7(13)5-10(12)14/h4-5H,3,15H2,1-2H3,(H,16,17). The monoisotopic (exact) mass is 345 g/mol. The first kappa shape index (κ1) is 12.5. The fourth-order valence-electron chi connectivity index (χ4n) is 2.05. The minimum absolute atomic E-state index is 0.272. The van der Waals surface area contributed by atoms with E-state index in [2.05, 4.69) is 33.0 Å². The number of nitrogens with two attached hydrogens (primary N) is 1. The number of hydrazine groups is 1. The summed E-state index contributed by atoms with van der Waals surface area (Å²) in [5.74, 6) is 5.29. The molecule has 2 aromatic rings. The second kappa shape index (κ2) is 4.73. The summed E-state index contributed by atoms with van der Waals surface area (Å²) in [5, 5.41) is 0.736. The molecule has 0 aliphatic heterocycles. The molecule has 17 heavy (non-hydrogen) atoms. The molecular formula is C12H13FIN3. The highest BCUT2D eigenvalue weighted by Gasteiger charge is 2.13. The van der Waals surface area contributed by atoms with Crippen molar-refractivity contribution in [2.24, 2.45) is 5.84 Å². The molecule has 0 atom stereocenters. The fraction of sp³-hybridized carbons (Fsp3) is 0.250. The summed E-state index contributed by atoms with van der Waals surface area (Å²) < 4.78 is 14.2. The quantitative estimate of drug-likeness (QED) is 0.500. The second-order valence-electron chi connectivity index (χ2n) is 3.83. The van der Waals surface area contributed by atoms with Crippen molar-refractivity contribution in [2.45, 2.75) is 20.3 Å². The number of nitrogens with zero attached hydrogens (tertiary/aromatic N) is 1. The van der Waals surface area contributed by atoms with E-state index in [0.29, 0.717) is 0 Å². The van der Waals surface area contributed by atoms with Gasteiger partial charge < -0.3 is 5.43 Å². The van der Waals surface area contributed by atoms with Gasteiger partial charge in [0.25, 0.3) is 0 Å². The third-order valence-electron chi connectivity index (χ3n) is 2.81. The molecule has 3 nitrogen and oxygen atoms in total. The Hall–Kier alpha value is -0.950. The summed E-state index contributed by atoms with van der Waals surface area (Å²) in [5.41, 5.74) is 6.19. The van der Waals surface area contributed by atoms with Crippen molar-refractivity contribution in [1.29, 1.82) is 0 Å². The number of rotatable bonds is 2. The lowest BCUT2D eigenvalue weighted by molar-refractivity contribution is 0.628. The van der Waals surface area contributed by atoms with Crippen LogP contribution in [0.5, 0.6) is 0 Å². The minimum Gasteiger partial charge on any atom is -0.323 e. The van der Waals surface area contributed by atoms with Crippen LogP contribution in [0.15, 0.2) is 12.1 Å². The zero-order valence-electron chi connectivity index (χ0n) is 9.64. The third kappa shape index (κ3) is 2.09. The molecule has 0 aliphatic rings. The number of anilines is 1. The highest BCUT2D eigenvalue weighted by molar-refractivity contribution is 14.1. The van der Waals surface area contributed by atoms with Crippen LogP contribution < -0.4 is 11.3 Å². The van der Waals surface area contributed by atoms with Gasteiger partial charge in [0.2, 0.25) is 0 Å². The number of pyridine rings is 1. The van der Waals surface area contributed by atoms with E-state index in [-0.39, 0.29) is 5.82 Å². The molecule has 90 valence electrons. The van der Waals surface area contributed by atoms with Crippen molar-refractivity contribution in [3.63, 3.8) is 0 Å². The maximum absolute atomic E-state index is 13.4. The van der Waals surface area contributed by atoms with Crippen LogP contribution >= 0.6 is 22.6 Å². The molecule has 3 N–H and O–H groups in total. The van der Waals surface area contributed by atoms with E-state index in [4.69, 9.17) is 5.84 Å². The zero-order chi connectivity index (χ0) is 12.6. The highest BCUT2D eigenvalue weighted by Crippen LogP contribution is 2.31. The lowest BCUT2D eigenvalue weighted by Gasteiger charge is -2.14. The van der Waals surface area contributed by atoms with Crippen LogP contribution in [0.2, 0.25) is 0 Å². The zero-order valence-corrected chi connectivity index (χ0v) is 11.8. The van der Waals surface area contributed by atoms with Crippen molar-refractivity contribution in [3.05, 3.63) is 32.8 Å². The molecule has 0 unspecified atom stereocenters. The average Bonchev–Trinajstić information content (AvgIpc) is 2.28. The van der Waals surface area contributed by atoms with Crippen molar-refractivity contribution in [1.82, 2.24) is 4.98 Å². The average molecular weight is 345 g/mol. The Morgan fingerprint density at radius 1 is 1.47 bits per heavy atom. The first-order valence-corrected chi connectivity index (χ1v) is 6.41. The van der Waals surface area contributed by atoms with Gasteiger partial charge in [-0.25, -0.2) is 4.39 Å². The van der Waals surface area contributed by atoms with Crippen molar-refractivity contribution in [3.8, 4) is 0 Å². The molecule has 0 aliphatic carbocycles. The predicted molar refractivity (Wildman–Crippen MR) is 76.3 cm³/mol. The SMILES string of the molecule is CCc1c(C)nc2c(I)cc(F)cc2c1NN. The van der Waals surface area contributed by atoms with Crippen molar-refractivity contribution in [2.75, 3.05) is 5.43 Å². The summed E-state index contributed by atoms with van der Waals surface area (Å²) >= 11 is 2.09. The molecule has 5 heteroatoms. The number of halogens is 2. The van der Waals surface area contributed by atoms with E-state index in [0.717, 1.165) is 37.8 Å². The van der Waals surface area contributed by atoms with Gasteiger partial charge in [0.05, 0.1) is 11.2 Å². The van der Waals surface area contributed by atoms with Gasteiger partial charge in [-0.1, -0.05) is 6.92 Å². The van der Waals surface area contributed by atoms with Crippen molar-refractivity contribution < 1.29 is 4.39 Å². The van der Waals surface area contributed by atoms with E-state index in [9.17, 15) is 4.39 Å². The Labute approximate surface area is 113 Å². The molecule has 1 heterocycles. The molecular weight excluding hydrogens is 332 g/mol. The number of aryl methyl sites for hydroxylation is 1. The Morgan fingerprint density at radius 2 is 2.18 bits per heavy atom. The van der Waals surface area contributed by atoms with Gasteiger partial charge in [0.15, 0.2) is 0 Å². The smallest absolute Gasteiger partial charge is 0.125 e. The number of aromatic nitrogens is 1. The summed E-state index contributed by atoms with van der Waals surface area (Å²) in [6.45, 7) is 3.97. The lowest BCUT2D eigenvalue weighted by Crippen LogP contribution is -2.12. The molecule has 0 saturated heterocycles. The van der Waals surface area contributed by atoms with Crippen LogP contribution in [0, 0.1) is 16.3 Å². The molecule has 0 saturated carbocycles. The van der Waals surface area contributed by atoms with Gasteiger partial charge in [-0.3, -0.25) is 10.8 Å². The topological polar surface area (TPSA) is 50.9 Å². The Morgan fingerprint density at radius 3 is 2.76 bits per heavy atom. The van der Waals surface area contributed by atoms with Gasteiger partial charge in [-0.15, -0.1) is 0 Å². The van der Waals surface area contributed by atoms with Gasteiger partial charge >= 0.3 is 0 Å². The highest BCUT2D eigenvalue weighted by atomic mass is 127. The summed E-state index contributed by atoms with van der Waals surface area (Å²) in [6.07, 6.45) is 0.807. The molecule has 1 aromatic carbocycles. The molecule has 0 amide bonds. The number of hydrogen-bond donors (Lipinski definition) is 2. The molecule has 0 spiro atoms. The maximum Gasteiger partial charge on any atom is 0.125 e. The van der Waals surface area contributed by atoms with Crippen LogP contribution in [-0.4, -0.2) is 4.98 Å². The normalized spacial score (nSPS) is 10.9. The molecule has 0 fully saturated rings. The van der Waals surface area contributed by atoms with Gasteiger partial charge in [0, 0.05) is 14.7 Å². The van der Waals surface area contributed by atoms with Crippen LogP contribution in [0.1, 0.15) is 18.2 Å². The number of hydrogen-bond acceptors (Lipinski definition) is 3.